The third-order valence-electron chi connectivity index (χ3n) is 6.17. The second-order valence-electron chi connectivity index (χ2n) is 8.05. The van der Waals surface area contributed by atoms with E-state index in [0.29, 0.717) is 12.5 Å². The van der Waals surface area contributed by atoms with Crippen LogP contribution in [0.4, 0.5) is 11.4 Å². The maximum absolute atomic E-state index is 11.4. The van der Waals surface area contributed by atoms with Crippen LogP contribution in [0.1, 0.15) is 35.4 Å². The van der Waals surface area contributed by atoms with Crippen LogP contribution in [-0.4, -0.2) is 24.2 Å². The van der Waals surface area contributed by atoms with E-state index in [9.17, 15) is 9.90 Å². The summed E-state index contributed by atoms with van der Waals surface area (Å²) < 4.78 is 6.13. The Morgan fingerprint density at radius 2 is 1.87 bits per heavy atom. The molecule has 0 bridgehead atoms. The van der Waals surface area contributed by atoms with Crippen LogP contribution >= 0.6 is 0 Å². The summed E-state index contributed by atoms with van der Waals surface area (Å²) in [5.74, 6) is 1.55. The average molecular weight is 400 g/mol. The van der Waals surface area contributed by atoms with Crippen molar-refractivity contribution in [2.75, 3.05) is 23.8 Å². The van der Waals surface area contributed by atoms with Crippen LogP contribution in [0.3, 0.4) is 0 Å². The summed E-state index contributed by atoms with van der Waals surface area (Å²) in [4.78, 5) is 11.4. The molecule has 0 radical (unpaired) electrons. The number of para-hydroxylation sites is 1. The molecule has 2 aliphatic rings. The summed E-state index contributed by atoms with van der Waals surface area (Å²) in [6.45, 7) is 2.96. The SMILES string of the molecule is CC(=O)Nc1ccc(C2c3ccc(O)cc3OCC2C2CNc3ccccc32)cc1. The number of ether oxygens (including phenoxy) is 1. The molecule has 3 atom stereocenters. The summed E-state index contributed by atoms with van der Waals surface area (Å²) in [5.41, 5.74) is 5.56. The number of fused-ring (bicyclic) bond motifs is 2. The second-order valence-corrected chi connectivity index (χ2v) is 8.05. The molecule has 2 aliphatic heterocycles. The van der Waals surface area contributed by atoms with Gasteiger partial charge in [-0.25, -0.2) is 0 Å². The van der Waals surface area contributed by atoms with Crippen molar-refractivity contribution in [1.29, 1.82) is 0 Å². The van der Waals surface area contributed by atoms with Gasteiger partial charge in [0.2, 0.25) is 5.91 Å². The largest absolute Gasteiger partial charge is 0.508 e. The Bertz CT molecular complexity index is 1090. The number of hydrogen-bond donors (Lipinski definition) is 3. The number of rotatable bonds is 3. The highest BCUT2D eigenvalue weighted by molar-refractivity contribution is 5.88. The first-order chi connectivity index (χ1) is 14.6. The molecule has 5 heteroatoms. The van der Waals surface area contributed by atoms with Crippen LogP contribution in [0.25, 0.3) is 0 Å². The molecule has 5 nitrogen and oxygen atoms in total. The minimum atomic E-state index is -0.0823. The Kier molecular flexibility index (Phi) is 4.58. The third kappa shape index (κ3) is 3.26. The molecule has 0 aliphatic carbocycles. The highest BCUT2D eigenvalue weighted by Gasteiger charge is 2.40. The van der Waals surface area contributed by atoms with Crippen LogP contribution in [-0.2, 0) is 4.79 Å². The Labute approximate surface area is 175 Å². The zero-order chi connectivity index (χ0) is 20.7. The Hall–Kier alpha value is -3.47. The predicted octanol–water partition coefficient (Wildman–Crippen LogP) is 4.70. The maximum Gasteiger partial charge on any atom is 0.221 e. The maximum atomic E-state index is 11.4. The fourth-order valence-corrected chi connectivity index (χ4v) is 4.86. The lowest BCUT2D eigenvalue weighted by molar-refractivity contribution is -0.114. The monoisotopic (exact) mass is 400 g/mol. The highest BCUT2D eigenvalue weighted by atomic mass is 16.5. The number of hydrogen-bond acceptors (Lipinski definition) is 4. The molecule has 1 amide bonds. The van der Waals surface area contributed by atoms with Crippen molar-refractivity contribution in [2.24, 2.45) is 5.92 Å². The molecule has 0 fully saturated rings. The summed E-state index contributed by atoms with van der Waals surface area (Å²) in [6.07, 6.45) is 0. The second kappa shape index (κ2) is 7.41. The fraction of sp³-hybridized carbons (Fsp3) is 0.240. The number of amides is 1. The number of benzene rings is 3. The lowest BCUT2D eigenvalue weighted by Gasteiger charge is -2.37. The summed E-state index contributed by atoms with van der Waals surface area (Å²) in [6, 6.07) is 21.9. The molecule has 0 aromatic heterocycles. The summed E-state index contributed by atoms with van der Waals surface area (Å²) in [5, 5.41) is 16.3. The van der Waals surface area contributed by atoms with Crippen molar-refractivity contribution >= 4 is 17.3 Å². The summed E-state index contributed by atoms with van der Waals surface area (Å²) >= 11 is 0. The van der Waals surface area contributed by atoms with Gasteiger partial charge in [0.05, 0.1) is 6.61 Å². The molecule has 3 N–H and O–H groups in total. The van der Waals surface area contributed by atoms with Gasteiger partial charge in [-0.3, -0.25) is 4.79 Å². The molecule has 0 saturated heterocycles. The van der Waals surface area contributed by atoms with E-state index in [2.05, 4.69) is 47.0 Å². The van der Waals surface area contributed by atoms with Gasteiger partial charge >= 0.3 is 0 Å². The van der Waals surface area contributed by atoms with Crippen LogP contribution < -0.4 is 15.4 Å². The molecule has 152 valence electrons. The van der Waals surface area contributed by atoms with Gasteiger partial charge in [-0.05, 0) is 35.4 Å². The fourth-order valence-electron chi connectivity index (χ4n) is 4.86. The van der Waals surface area contributed by atoms with E-state index >= 15 is 0 Å². The highest BCUT2D eigenvalue weighted by Crippen LogP contribution is 2.50. The van der Waals surface area contributed by atoms with E-state index in [4.69, 9.17) is 4.74 Å². The number of nitrogens with one attached hydrogen (secondary N) is 2. The van der Waals surface area contributed by atoms with Crippen molar-refractivity contribution in [1.82, 2.24) is 0 Å². The number of carbonyl (C=O) groups is 1. The summed E-state index contributed by atoms with van der Waals surface area (Å²) in [7, 11) is 0. The quantitative estimate of drug-likeness (QED) is 0.596. The number of phenols is 1. The molecular formula is C25H24N2O3. The number of phenolic OH excluding ortho intramolecular Hbond substituents is 1. The molecule has 3 aromatic rings. The van der Waals surface area contributed by atoms with Gasteiger partial charge in [-0.2, -0.15) is 0 Å². The van der Waals surface area contributed by atoms with Gasteiger partial charge in [0.25, 0.3) is 0 Å². The standard InChI is InChI=1S/C25H24N2O3/c1-15(28)27-17-8-6-16(7-9-17)25-20-11-10-18(29)12-24(20)30-14-22(25)21-13-26-23-5-3-2-4-19(21)23/h2-12,21-22,25-26,29H,13-14H2,1H3,(H,27,28). The van der Waals surface area contributed by atoms with Gasteiger partial charge < -0.3 is 20.5 Å². The third-order valence-corrected chi connectivity index (χ3v) is 6.17. The average Bonchev–Trinajstić information content (AvgIpc) is 3.17. The zero-order valence-electron chi connectivity index (χ0n) is 16.8. The lowest BCUT2D eigenvalue weighted by atomic mass is 9.71. The van der Waals surface area contributed by atoms with E-state index < -0.39 is 0 Å². The van der Waals surface area contributed by atoms with E-state index in [1.165, 1.54) is 23.7 Å². The van der Waals surface area contributed by atoms with Crippen molar-refractivity contribution < 1.29 is 14.6 Å². The molecule has 30 heavy (non-hydrogen) atoms. The van der Waals surface area contributed by atoms with E-state index in [1.807, 2.05) is 18.2 Å². The van der Waals surface area contributed by atoms with Crippen molar-refractivity contribution in [3.05, 3.63) is 83.4 Å². The first-order valence-electron chi connectivity index (χ1n) is 10.3. The number of carbonyl (C=O) groups excluding carboxylic acids is 1. The van der Waals surface area contributed by atoms with Gasteiger partial charge in [-0.15, -0.1) is 0 Å². The molecule has 2 heterocycles. The molecular weight excluding hydrogens is 376 g/mol. The number of aromatic hydroxyl groups is 1. The molecule has 5 rings (SSSR count). The number of anilines is 2. The van der Waals surface area contributed by atoms with Crippen LogP contribution in [0.2, 0.25) is 0 Å². The van der Waals surface area contributed by atoms with Gasteiger partial charge in [0, 0.05) is 54.2 Å². The smallest absolute Gasteiger partial charge is 0.221 e. The van der Waals surface area contributed by atoms with Gasteiger partial charge in [-0.1, -0.05) is 36.4 Å². The molecule has 3 aromatic carbocycles. The lowest BCUT2D eigenvalue weighted by Crippen LogP contribution is -2.32. The predicted molar refractivity (Wildman–Crippen MR) is 117 cm³/mol. The van der Waals surface area contributed by atoms with Crippen molar-refractivity contribution in [2.45, 2.75) is 18.8 Å². The van der Waals surface area contributed by atoms with Crippen molar-refractivity contribution in [3.63, 3.8) is 0 Å². The van der Waals surface area contributed by atoms with Crippen molar-refractivity contribution in [3.8, 4) is 11.5 Å². The topological polar surface area (TPSA) is 70.6 Å². The van der Waals surface area contributed by atoms with Gasteiger partial charge in [0.15, 0.2) is 0 Å². The molecule has 0 spiro atoms. The van der Waals surface area contributed by atoms with Crippen LogP contribution in [0.5, 0.6) is 11.5 Å². The molecule has 3 unspecified atom stereocenters. The molecule has 0 saturated carbocycles. The van der Waals surface area contributed by atoms with E-state index in [1.54, 1.807) is 12.1 Å². The zero-order valence-corrected chi connectivity index (χ0v) is 16.8. The first-order valence-corrected chi connectivity index (χ1v) is 10.3. The van der Waals surface area contributed by atoms with Crippen LogP contribution in [0.15, 0.2) is 66.7 Å². The normalized spacial score (nSPS) is 21.7. The van der Waals surface area contributed by atoms with Crippen LogP contribution in [0, 0.1) is 5.92 Å². The van der Waals surface area contributed by atoms with Gasteiger partial charge in [0.1, 0.15) is 11.5 Å². The Morgan fingerprint density at radius 3 is 2.67 bits per heavy atom. The van der Waals surface area contributed by atoms with E-state index in [-0.39, 0.29) is 23.5 Å². The minimum Gasteiger partial charge on any atom is -0.508 e. The first kappa shape index (κ1) is 18.6. The van der Waals surface area contributed by atoms with E-state index in [0.717, 1.165) is 23.5 Å². The Morgan fingerprint density at radius 1 is 1.07 bits per heavy atom. The minimum absolute atomic E-state index is 0.0823. The Balaban J connectivity index is 1.57.